The molecule has 0 aromatic heterocycles. The van der Waals surface area contributed by atoms with Crippen LogP contribution in [-0.2, 0) is 0 Å². The van der Waals surface area contributed by atoms with Gasteiger partial charge in [-0.2, -0.15) is 0 Å². The zero-order chi connectivity index (χ0) is 12.3. The van der Waals surface area contributed by atoms with Crippen molar-refractivity contribution in [2.24, 2.45) is 17.8 Å². The monoisotopic (exact) mass is 233 g/mol. The molecule has 1 heterocycles. The Balaban J connectivity index is 1.69. The summed E-state index contributed by atoms with van der Waals surface area (Å²) in [6.07, 6.45) is 6.51. The summed E-state index contributed by atoms with van der Waals surface area (Å²) in [6.45, 7) is 9.56. The summed E-state index contributed by atoms with van der Waals surface area (Å²) in [7, 11) is 0. The van der Waals surface area contributed by atoms with Gasteiger partial charge in [0.05, 0.1) is 0 Å². The molecular formula is C16H27N. The summed E-state index contributed by atoms with van der Waals surface area (Å²) in [6, 6.07) is 0.860. The molecule has 0 bridgehead atoms. The Morgan fingerprint density at radius 2 is 1.82 bits per heavy atom. The maximum Gasteiger partial charge on any atom is 0.0232 e. The predicted octanol–water partition coefficient (Wildman–Crippen LogP) is 3.55. The van der Waals surface area contributed by atoms with Gasteiger partial charge in [0.25, 0.3) is 0 Å². The molecule has 1 saturated carbocycles. The van der Waals surface area contributed by atoms with Crippen molar-refractivity contribution >= 4 is 0 Å². The third-order valence-electron chi connectivity index (χ3n) is 4.63. The quantitative estimate of drug-likeness (QED) is 0.659. The molecule has 0 radical (unpaired) electrons. The van der Waals surface area contributed by atoms with E-state index in [0.29, 0.717) is 5.92 Å². The number of nitrogens with zero attached hydrogens (tertiary/aromatic N) is 1. The van der Waals surface area contributed by atoms with E-state index in [1.165, 1.54) is 38.8 Å². The molecule has 96 valence electrons. The number of piperidine rings is 1. The fraction of sp³-hybridized carbons (Fsp3) is 0.875. The summed E-state index contributed by atoms with van der Waals surface area (Å²) in [5, 5.41) is 0. The molecule has 2 rings (SSSR count). The van der Waals surface area contributed by atoms with E-state index in [0.717, 1.165) is 24.3 Å². The molecule has 0 aromatic carbocycles. The van der Waals surface area contributed by atoms with Gasteiger partial charge >= 0.3 is 0 Å². The van der Waals surface area contributed by atoms with Gasteiger partial charge in [0, 0.05) is 18.4 Å². The second-order valence-corrected chi connectivity index (χ2v) is 6.11. The highest BCUT2D eigenvalue weighted by atomic mass is 15.2. The van der Waals surface area contributed by atoms with Crippen LogP contribution in [0.25, 0.3) is 0 Å². The minimum atomic E-state index is 0.711. The Hall–Kier alpha value is -0.480. The lowest BCUT2D eigenvalue weighted by Gasteiger charge is -2.45. The number of hydrogen-bond donors (Lipinski definition) is 0. The van der Waals surface area contributed by atoms with E-state index >= 15 is 0 Å². The molecule has 1 nitrogen and oxygen atoms in total. The van der Waals surface area contributed by atoms with Crippen LogP contribution in [-0.4, -0.2) is 24.0 Å². The SMILES string of the molecule is CCC#CC1CC(N2CCC(C(C)C)CC2)C1. The van der Waals surface area contributed by atoms with Crippen LogP contribution >= 0.6 is 0 Å². The van der Waals surface area contributed by atoms with Gasteiger partial charge in [0.1, 0.15) is 0 Å². The van der Waals surface area contributed by atoms with Crippen molar-refractivity contribution in [2.75, 3.05) is 13.1 Å². The van der Waals surface area contributed by atoms with Crippen molar-refractivity contribution in [1.82, 2.24) is 4.90 Å². The highest BCUT2D eigenvalue weighted by molar-refractivity contribution is 5.09. The third-order valence-corrected chi connectivity index (χ3v) is 4.63. The molecular weight excluding hydrogens is 206 g/mol. The molecule has 1 aliphatic carbocycles. The van der Waals surface area contributed by atoms with Gasteiger partial charge in [-0.3, -0.25) is 0 Å². The molecule has 2 fully saturated rings. The Morgan fingerprint density at radius 3 is 2.35 bits per heavy atom. The minimum Gasteiger partial charge on any atom is -0.300 e. The largest absolute Gasteiger partial charge is 0.300 e. The van der Waals surface area contributed by atoms with Crippen molar-refractivity contribution in [1.29, 1.82) is 0 Å². The van der Waals surface area contributed by atoms with Crippen LogP contribution in [0.1, 0.15) is 52.9 Å². The topological polar surface area (TPSA) is 3.24 Å². The second kappa shape index (κ2) is 5.91. The number of hydrogen-bond acceptors (Lipinski definition) is 1. The highest BCUT2D eigenvalue weighted by Crippen LogP contribution is 2.34. The molecule has 0 unspecified atom stereocenters. The molecule has 1 saturated heterocycles. The fourth-order valence-electron chi connectivity index (χ4n) is 3.20. The molecule has 0 spiro atoms. The summed E-state index contributed by atoms with van der Waals surface area (Å²) >= 11 is 0. The molecule has 17 heavy (non-hydrogen) atoms. The van der Waals surface area contributed by atoms with E-state index in [1.807, 2.05) is 0 Å². The first-order valence-electron chi connectivity index (χ1n) is 7.43. The first-order valence-corrected chi connectivity index (χ1v) is 7.43. The third kappa shape index (κ3) is 3.26. The van der Waals surface area contributed by atoms with Crippen LogP contribution in [0.3, 0.4) is 0 Å². The van der Waals surface area contributed by atoms with Gasteiger partial charge in [-0.05, 0) is 50.6 Å². The Morgan fingerprint density at radius 1 is 1.18 bits per heavy atom. The highest BCUT2D eigenvalue weighted by Gasteiger charge is 2.34. The molecule has 1 heteroatoms. The average molecular weight is 233 g/mol. The Bertz CT molecular complexity index is 282. The van der Waals surface area contributed by atoms with E-state index < -0.39 is 0 Å². The zero-order valence-electron chi connectivity index (χ0n) is 11.7. The van der Waals surface area contributed by atoms with Gasteiger partial charge in [-0.1, -0.05) is 26.7 Å². The van der Waals surface area contributed by atoms with E-state index in [4.69, 9.17) is 0 Å². The lowest BCUT2D eigenvalue weighted by molar-refractivity contribution is 0.0567. The molecule has 0 N–H and O–H groups in total. The standard InChI is InChI=1S/C16H27N/c1-4-5-6-14-11-16(12-14)17-9-7-15(8-10-17)13(2)3/h13-16H,4,7-12H2,1-3H3. The summed E-state index contributed by atoms with van der Waals surface area (Å²) < 4.78 is 0. The first-order chi connectivity index (χ1) is 8.20. The van der Waals surface area contributed by atoms with Gasteiger partial charge in [0.15, 0.2) is 0 Å². The van der Waals surface area contributed by atoms with E-state index in [-0.39, 0.29) is 0 Å². The van der Waals surface area contributed by atoms with Crippen molar-refractivity contribution < 1.29 is 0 Å². The molecule has 0 aromatic rings. The van der Waals surface area contributed by atoms with Crippen molar-refractivity contribution in [3.63, 3.8) is 0 Å². The van der Waals surface area contributed by atoms with E-state index in [9.17, 15) is 0 Å². The van der Waals surface area contributed by atoms with Gasteiger partial charge in [0.2, 0.25) is 0 Å². The first kappa shape index (κ1) is 13.0. The van der Waals surface area contributed by atoms with Gasteiger partial charge < -0.3 is 4.90 Å². The average Bonchev–Trinajstić information content (AvgIpc) is 2.28. The maximum absolute atomic E-state index is 3.39. The Kier molecular flexibility index (Phi) is 4.51. The molecule has 2 aliphatic rings. The smallest absolute Gasteiger partial charge is 0.0232 e. The number of rotatable bonds is 2. The van der Waals surface area contributed by atoms with Crippen LogP contribution in [0.4, 0.5) is 0 Å². The molecule has 1 aliphatic heterocycles. The normalized spacial score (nSPS) is 30.8. The van der Waals surface area contributed by atoms with Crippen molar-refractivity contribution in [3.8, 4) is 11.8 Å². The second-order valence-electron chi connectivity index (χ2n) is 6.11. The van der Waals surface area contributed by atoms with Crippen LogP contribution < -0.4 is 0 Å². The molecule has 0 amide bonds. The van der Waals surface area contributed by atoms with Crippen LogP contribution in [0.15, 0.2) is 0 Å². The maximum atomic E-state index is 3.39. The van der Waals surface area contributed by atoms with E-state index in [1.54, 1.807) is 0 Å². The fourth-order valence-corrected chi connectivity index (χ4v) is 3.20. The summed E-state index contributed by atoms with van der Waals surface area (Å²) in [5.74, 6) is 9.18. The van der Waals surface area contributed by atoms with Gasteiger partial charge in [-0.15, -0.1) is 5.92 Å². The van der Waals surface area contributed by atoms with Crippen LogP contribution in [0.2, 0.25) is 0 Å². The zero-order valence-corrected chi connectivity index (χ0v) is 11.7. The van der Waals surface area contributed by atoms with Crippen LogP contribution in [0, 0.1) is 29.6 Å². The predicted molar refractivity (Wildman–Crippen MR) is 73.7 cm³/mol. The van der Waals surface area contributed by atoms with Crippen LogP contribution in [0.5, 0.6) is 0 Å². The van der Waals surface area contributed by atoms with Crippen molar-refractivity contribution in [2.45, 2.75) is 58.9 Å². The lowest BCUT2D eigenvalue weighted by atomic mass is 9.77. The molecule has 0 atom stereocenters. The number of likely N-dealkylation sites (tertiary alicyclic amines) is 1. The van der Waals surface area contributed by atoms with Crippen molar-refractivity contribution in [3.05, 3.63) is 0 Å². The summed E-state index contributed by atoms with van der Waals surface area (Å²) in [5.41, 5.74) is 0. The minimum absolute atomic E-state index is 0.711. The van der Waals surface area contributed by atoms with Gasteiger partial charge in [-0.25, -0.2) is 0 Å². The summed E-state index contributed by atoms with van der Waals surface area (Å²) in [4.78, 5) is 2.73. The lowest BCUT2D eigenvalue weighted by Crippen LogP contribution is -2.48. The van der Waals surface area contributed by atoms with E-state index in [2.05, 4.69) is 37.5 Å². The Labute approximate surface area is 107 Å².